The first-order chi connectivity index (χ1) is 11.8. The van der Waals surface area contributed by atoms with E-state index in [2.05, 4.69) is 60.9 Å². The molecule has 1 aliphatic heterocycles. The molecule has 1 aliphatic rings. The average Bonchev–Trinajstić information content (AvgIpc) is 3.05. The lowest BCUT2D eigenvalue weighted by Crippen LogP contribution is -2.48. The van der Waals surface area contributed by atoms with Crippen molar-refractivity contribution in [1.82, 2.24) is 25.4 Å². The highest BCUT2D eigenvalue weighted by atomic mass is 127. The number of guanidine groups is 1. The Morgan fingerprint density at radius 2 is 1.96 bits per heavy atom. The third-order valence-electron chi connectivity index (χ3n) is 4.40. The Morgan fingerprint density at radius 3 is 2.56 bits per heavy atom. The van der Waals surface area contributed by atoms with Crippen LogP contribution in [0.1, 0.15) is 18.7 Å². The van der Waals surface area contributed by atoms with Crippen LogP contribution >= 0.6 is 24.0 Å². The molecule has 0 amide bonds. The Balaban J connectivity index is 0.00000225. The van der Waals surface area contributed by atoms with Crippen molar-refractivity contribution in [3.05, 3.63) is 42.5 Å². The number of hydrogen-bond donors (Lipinski definition) is 2. The fourth-order valence-corrected chi connectivity index (χ4v) is 2.95. The number of nitrogens with zero attached hydrogens (tertiary/aromatic N) is 5. The molecule has 2 N–H and O–H groups in total. The maximum absolute atomic E-state index is 4.31. The smallest absolute Gasteiger partial charge is 0.191 e. The van der Waals surface area contributed by atoms with E-state index in [1.54, 1.807) is 18.1 Å². The molecular weight excluding hydrogens is 429 g/mol. The molecular formula is C17H26IN7. The number of aryl methyl sites for hydroxylation is 1. The highest BCUT2D eigenvalue weighted by molar-refractivity contribution is 14.0. The Bertz CT molecular complexity index is 663. The van der Waals surface area contributed by atoms with Gasteiger partial charge in [-0.2, -0.15) is 5.10 Å². The second-order valence-corrected chi connectivity index (χ2v) is 5.97. The van der Waals surface area contributed by atoms with Gasteiger partial charge in [0.2, 0.25) is 0 Å². The minimum absolute atomic E-state index is 0. The van der Waals surface area contributed by atoms with Gasteiger partial charge in [0, 0.05) is 38.9 Å². The van der Waals surface area contributed by atoms with Gasteiger partial charge in [0.05, 0.1) is 6.54 Å². The molecule has 8 heteroatoms. The molecule has 0 bridgehead atoms. The van der Waals surface area contributed by atoms with Crippen LogP contribution in [0, 0.1) is 0 Å². The monoisotopic (exact) mass is 455 g/mol. The summed E-state index contributed by atoms with van der Waals surface area (Å²) in [6.45, 7) is 2.73. The molecule has 7 nitrogen and oxygen atoms in total. The van der Waals surface area contributed by atoms with Crippen LogP contribution in [-0.4, -0.2) is 46.9 Å². The van der Waals surface area contributed by atoms with Gasteiger partial charge in [-0.3, -0.25) is 9.67 Å². The number of aliphatic imine (C=N–C) groups is 1. The number of anilines is 1. The first kappa shape index (κ1) is 19.5. The van der Waals surface area contributed by atoms with E-state index in [4.69, 9.17) is 0 Å². The SMILES string of the molecule is CN=C(NCc1ncnn1C)NC1CCN(c2ccccc2)CC1.I. The number of nitrogens with one attached hydrogen (secondary N) is 2. The van der Waals surface area contributed by atoms with E-state index < -0.39 is 0 Å². The van der Waals surface area contributed by atoms with Crippen molar-refractivity contribution in [3.63, 3.8) is 0 Å². The maximum atomic E-state index is 4.31. The number of aromatic nitrogens is 3. The van der Waals surface area contributed by atoms with Crippen LogP contribution in [0.2, 0.25) is 0 Å². The molecule has 0 saturated carbocycles. The first-order valence-corrected chi connectivity index (χ1v) is 8.36. The van der Waals surface area contributed by atoms with Gasteiger partial charge in [-0.25, -0.2) is 4.98 Å². The van der Waals surface area contributed by atoms with Crippen LogP contribution in [0.15, 0.2) is 41.7 Å². The maximum Gasteiger partial charge on any atom is 0.191 e. The molecule has 2 heterocycles. The second kappa shape index (κ2) is 9.59. The molecule has 0 atom stereocenters. The Labute approximate surface area is 165 Å². The summed E-state index contributed by atoms with van der Waals surface area (Å²) in [6, 6.07) is 11.0. The summed E-state index contributed by atoms with van der Waals surface area (Å²) in [6.07, 6.45) is 3.76. The van der Waals surface area contributed by atoms with Crippen molar-refractivity contribution in [3.8, 4) is 0 Å². The van der Waals surface area contributed by atoms with E-state index in [0.717, 1.165) is 37.7 Å². The first-order valence-electron chi connectivity index (χ1n) is 8.36. The molecule has 3 rings (SSSR count). The molecule has 1 aromatic heterocycles. The van der Waals surface area contributed by atoms with Crippen molar-refractivity contribution in [2.24, 2.45) is 12.0 Å². The minimum atomic E-state index is 0. The normalized spacial score (nSPS) is 15.6. The van der Waals surface area contributed by atoms with E-state index >= 15 is 0 Å². The van der Waals surface area contributed by atoms with Crippen molar-refractivity contribution in [2.75, 3.05) is 25.0 Å². The fraction of sp³-hybridized carbons (Fsp3) is 0.471. The molecule has 0 radical (unpaired) electrons. The third-order valence-corrected chi connectivity index (χ3v) is 4.40. The van der Waals surface area contributed by atoms with E-state index in [1.807, 2.05) is 7.05 Å². The molecule has 136 valence electrons. The highest BCUT2D eigenvalue weighted by Crippen LogP contribution is 2.19. The molecule has 2 aromatic rings. The zero-order valence-corrected chi connectivity index (χ0v) is 17.1. The van der Waals surface area contributed by atoms with Gasteiger partial charge >= 0.3 is 0 Å². The number of hydrogen-bond acceptors (Lipinski definition) is 4. The summed E-state index contributed by atoms with van der Waals surface area (Å²) in [5.74, 6) is 1.70. The van der Waals surface area contributed by atoms with Gasteiger partial charge in [0.15, 0.2) is 5.96 Å². The van der Waals surface area contributed by atoms with E-state index in [9.17, 15) is 0 Å². The molecule has 0 spiro atoms. The molecule has 1 saturated heterocycles. The molecule has 1 aromatic carbocycles. The van der Waals surface area contributed by atoms with E-state index in [1.165, 1.54) is 5.69 Å². The zero-order valence-electron chi connectivity index (χ0n) is 14.7. The number of halogens is 1. The quantitative estimate of drug-likeness (QED) is 0.418. The lowest BCUT2D eigenvalue weighted by molar-refractivity contribution is 0.461. The number of rotatable bonds is 4. The molecule has 1 fully saturated rings. The predicted octanol–water partition coefficient (Wildman–Crippen LogP) is 1.77. The van der Waals surface area contributed by atoms with Crippen molar-refractivity contribution in [1.29, 1.82) is 0 Å². The average molecular weight is 455 g/mol. The molecule has 0 aliphatic carbocycles. The van der Waals surface area contributed by atoms with Gasteiger partial charge in [-0.15, -0.1) is 24.0 Å². The van der Waals surface area contributed by atoms with Crippen LogP contribution in [0.5, 0.6) is 0 Å². The number of para-hydroxylation sites is 1. The summed E-state index contributed by atoms with van der Waals surface area (Å²) in [5.41, 5.74) is 1.31. The van der Waals surface area contributed by atoms with Crippen molar-refractivity contribution >= 4 is 35.6 Å². The lowest BCUT2D eigenvalue weighted by atomic mass is 10.0. The standard InChI is InChI=1S/C17H25N7.HI/c1-18-17(19-12-16-20-13-21-23(16)2)22-14-8-10-24(11-9-14)15-6-4-3-5-7-15;/h3-7,13-14H,8-12H2,1-2H3,(H2,18,19,22);1H. The summed E-state index contributed by atoms with van der Waals surface area (Å²) in [4.78, 5) is 11.0. The highest BCUT2D eigenvalue weighted by Gasteiger charge is 2.20. The van der Waals surface area contributed by atoms with Crippen LogP contribution in [0.4, 0.5) is 5.69 Å². The summed E-state index contributed by atoms with van der Waals surface area (Å²) >= 11 is 0. The largest absolute Gasteiger partial charge is 0.371 e. The third kappa shape index (κ3) is 5.32. The van der Waals surface area contributed by atoms with Gasteiger partial charge in [0.25, 0.3) is 0 Å². The van der Waals surface area contributed by atoms with Crippen molar-refractivity contribution < 1.29 is 0 Å². The van der Waals surface area contributed by atoms with Crippen molar-refractivity contribution in [2.45, 2.75) is 25.4 Å². The zero-order chi connectivity index (χ0) is 16.8. The lowest BCUT2D eigenvalue weighted by Gasteiger charge is -2.34. The van der Waals surface area contributed by atoms with Crippen LogP contribution in [0.25, 0.3) is 0 Å². The van der Waals surface area contributed by atoms with E-state index in [0.29, 0.717) is 12.6 Å². The molecule has 0 unspecified atom stereocenters. The molecule has 25 heavy (non-hydrogen) atoms. The van der Waals surface area contributed by atoms with Crippen LogP contribution in [-0.2, 0) is 13.6 Å². The van der Waals surface area contributed by atoms with Crippen LogP contribution < -0.4 is 15.5 Å². The summed E-state index contributed by atoms with van der Waals surface area (Å²) < 4.78 is 1.76. The van der Waals surface area contributed by atoms with Crippen LogP contribution in [0.3, 0.4) is 0 Å². The van der Waals surface area contributed by atoms with Gasteiger partial charge in [-0.1, -0.05) is 18.2 Å². The minimum Gasteiger partial charge on any atom is -0.371 e. The van der Waals surface area contributed by atoms with Gasteiger partial charge < -0.3 is 15.5 Å². The second-order valence-electron chi connectivity index (χ2n) is 5.97. The fourth-order valence-electron chi connectivity index (χ4n) is 2.95. The van der Waals surface area contributed by atoms with Gasteiger partial charge in [-0.05, 0) is 25.0 Å². The predicted molar refractivity (Wildman–Crippen MR) is 111 cm³/mol. The Morgan fingerprint density at radius 1 is 1.24 bits per heavy atom. The van der Waals surface area contributed by atoms with Gasteiger partial charge in [0.1, 0.15) is 12.2 Å². The summed E-state index contributed by atoms with van der Waals surface area (Å²) in [7, 11) is 3.69. The summed E-state index contributed by atoms with van der Waals surface area (Å²) in [5, 5.41) is 10.9. The van der Waals surface area contributed by atoms with E-state index in [-0.39, 0.29) is 24.0 Å². The Kier molecular flexibility index (Phi) is 7.48. The topological polar surface area (TPSA) is 70.4 Å². The Hall–Kier alpha value is -1.84. The number of benzene rings is 1. The number of piperidine rings is 1.